The summed E-state index contributed by atoms with van der Waals surface area (Å²) >= 11 is 0. The van der Waals surface area contributed by atoms with Gasteiger partial charge in [-0.1, -0.05) is 48.0 Å². The summed E-state index contributed by atoms with van der Waals surface area (Å²) in [4.78, 5) is 3.48. The Balaban J connectivity index is 1.79. The van der Waals surface area contributed by atoms with Crippen molar-refractivity contribution in [2.24, 2.45) is 0 Å². The van der Waals surface area contributed by atoms with Crippen LogP contribution in [0.1, 0.15) is 48.4 Å². The van der Waals surface area contributed by atoms with Crippen molar-refractivity contribution in [3.63, 3.8) is 0 Å². The van der Waals surface area contributed by atoms with Crippen LogP contribution >= 0.6 is 0 Å². The largest absolute Gasteiger partial charge is 0.238 e. The van der Waals surface area contributed by atoms with Crippen molar-refractivity contribution >= 4 is 15.5 Å². The first kappa shape index (κ1) is 17.7. The summed E-state index contributed by atoms with van der Waals surface area (Å²) in [6.45, 7) is 10.6. The van der Waals surface area contributed by atoms with Crippen LogP contribution in [0.25, 0.3) is 4.85 Å². The zero-order valence-corrected chi connectivity index (χ0v) is 15.5. The number of benzene rings is 2. The highest BCUT2D eigenvalue weighted by molar-refractivity contribution is 7.92. The minimum Gasteiger partial charge on any atom is -0.238 e. The van der Waals surface area contributed by atoms with Gasteiger partial charge in [0.2, 0.25) is 0 Å². The molecule has 3 rings (SSSR count). The van der Waals surface area contributed by atoms with Crippen LogP contribution in [-0.4, -0.2) is 19.4 Å². The molecule has 1 unspecified atom stereocenters. The normalized spacial score (nSPS) is 16.6. The number of hydrogen-bond donors (Lipinski definition) is 0. The van der Waals surface area contributed by atoms with Crippen molar-refractivity contribution in [3.8, 4) is 0 Å². The minimum absolute atomic E-state index is 0.127. The second-order valence-corrected chi connectivity index (χ2v) is 9.71. The van der Waals surface area contributed by atoms with Gasteiger partial charge in [-0.15, -0.1) is 0 Å². The summed E-state index contributed by atoms with van der Waals surface area (Å²) in [6, 6.07) is 14.1. The molecule has 0 N–H and O–H groups in total. The van der Waals surface area contributed by atoms with Crippen LogP contribution in [0.2, 0.25) is 0 Å². The molecule has 1 aliphatic carbocycles. The van der Waals surface area contributed by atoms with Gasteiger partial charge in [0, 0.05) is 0 Å². The van der Waals surface area contributed by atoms with E-state index in [-0.39, 0.29) is 16.9 Å². The molecule has 25 heavy (non-hydrogen) atoms. The average molecular weight is 353 g/mol. The molecule has 130 valence electrons. The molecule has 0 heterocycles. The lowest BCUT2D eigenvalue weighted by atomic mass is 9.98. The van der Waals surface area contributed by atoms with Crippen molar-refractivity contribution in [2.75, 3.05) is 5.75 Å². The predicted octanol–water partition coefficient (Wildman–Crippen LogP) is 4.68. The van der Waals surface area contributed by atoms with Crippen molar-refractivity contribution in [1.82, 2.24) is 0 Å². The first-order valence-electron chi connectivity index (χ1n) is 8.68. The molecular formula is C21H23NO2S. The summed E-state index contributed by atoms with van der Waals surface area (Å²) in [6.07, 6.45) is 2.66. The van der Waals surface area contributed by atoms with Crippen LogP contribution in [0.5, 0.6) is 0 Å². The van der Waals surface area contributed by atoms with E-state index in [9.17, 15) is 8.42 Å². The fourth-order valence-corrected chi connectivity index (χ4v) is 4.78. The highest BCUT2D eigenvalue weighted by atomic mass is 32.2. The third kappa shape index (κ3) is 3.93. The molecule has 0 saturated heterocycles. The lowest BCUT2D eigenvalue weighted by molar-refractivity contribution is 0.578. The Morgan fingerprint density at radius 1 is 1.16 bits per heavy atom. The maximum Gasteiger partial charge on any atom is 0.187 e. The van der Waals surface area contributed by atoms with E-state index in [0.29, 0.717) is 5.69 Å². The fraction of sp³-hybridized carbons (Fsp3) is 0.381. The number of sulfone groups is 1. The lowest BCUT2D eigenvalue weighted by Gasteiger charge is -2.15. The summed E-state index contributed by atoms with van der Waals surface area (Å²) in [5.74, 6) is 0.381. The van der Waals surface area contributed by atoms with Crippen LogP contribution < -0.4 is 0 Å². The zero-order valence-electron chi connectivity index (χ0n) is 14.7. The van der Waals surface area contributed by atoms with Gasteiger partial charge < -0.3 is 0 Å². The number of hydrogen-bond acceptors (Lipinski definition) is 2. The van der Waals surface area contributed by atoms with Crippen LogP contribution in [0.15, 0.2) is 42.5 Å². The molecule has 4 heteroatoms. The first-order valence-corrected chi connectivity index (χ1v) is 10.4. The molecule has 2 aromatic carbocycles. The highest BCUT2D eigenvalue weighted by Crippen LogP contribution is 2.35. The zero-order chi connectivity index (χ0) is 18.0. The van der Waals surface area contributed by atoms with E-state index in [4.69, 9.17) is 6.57 Å². The van der Waals surface area contributed by atoms with Crippen LogP contribution in [0.3, 0.4) is 0 Å². The molecule has 3 nitrogen and oxygen atoms in total. The molecule has 1 atom stereocenters. The summed E-state index contributed by atoms with van der Waals surface area (Å²) in [5, 5.41) is -0.314. The van der Waals surface area contributed by atoms with E-state index in [1.54, 1.807) is 13.8 Å². The smallest absolute Gasteiger partial charge is 0.187 e. The van der Waals surface area contributed by atoms with Crippen LogP contribution in [-0.2, 0) is 22.7 Å². The molecule has 2 aromatic rings. The molecule has 0 saturated carbocycles. The predicted molar refractivity (Wildman–Crippen MR) is 102 cm³/mol. The van der Waals surface area contributed by atoms with Gasteiger partial charge in [0.05, 0.1) is 17.6 Å². The Morgan fingerprint density at radius 2 is 1.92 bits per heavy atom. The van der Waals surface area contributed by atoms with Gasteiger partial charge in [0.25, 0.3) is 0 Å². The second-order valence-electron chi connectivity index (χ2n) is 7.11. The Bertz CT molecular complexity index is 923. The molecule has 0 fully saturated rings. The molecule has 0 spiro atoms. The van der Waals surface area contributed by atoms with Crippen LogP contribution in [0, 0.1) is 6.57 Å². The van der Waals surface area contributed by atoms with Gasteiger partial charge in [-0.25, -0.2) is 13.3 Å². The SMILES string of the molecule is [C-]#[N+]c1cccc(Cc2ccc3c(c2)CCC3CS(=O)(=O)C(C)C)c1. The molecule has 0 aliphatic heterocycles. The minimum atomic E-state index is -3.02. The van der Waals surface area contributed by atoms with Gasteiger partial charge >= 0.3 is 0 Å². The van der Waals surface area contributed by atoms with Crippen LogP contribution in [0.4, 0.5) is 5.69 Å². The Kier molecular flexibility index (Phi) is 4.96. The first-order chi connectivity index (χ1) is 11.9. The summed E-state index contributed by atoms with van der Waals surface area (Å²) < 4.78 is 24.5. The number of fused-ring (bicyclic) bond motifs is 1. The summed E-state index contributed by atoms with van der Waals surface area (Å²) in [5.41, 5.74) is 5.49. The molecule has 0 radical (unpaired) electrons. The lowest BCUT2D eigenvalue weighted by Crippen LogP contribution is -2.21. The van der Waals surface area contributed by atoms with E-state index >= 15 is 0 Å². The van der Waals surface area contributed by atoms with Crippen molar-refractivity contribution in [2.45, 2.75) is 44.3 Å². The molecule has 1 aliphatic rings. The van der Waals surface area contributed by atoms with Gasteiger partial charge in [0.15, 0.2) is 15.5 Å². The Hall–Kier alpha value is -2.12. The van der Waals surface area contributed by atoms with E-state index in [1.807, 2.05) is 24.3 Å². The van der Waals surface area contributed by atoms with Crippen molar-refractivity contribution < 1.29 is 8.42 Å². The molecule has 0 bridgehead atoms. The van der Waals surface area contributed by atoms with Gasteiger partial charge in [-0.2, -0.15) is 0 Å². The van der Waals surface area contributed by atoms with Crippen molar-refractivity contribution in [1.29, 1.82) is 0 Å². The van der Waals surface area contributed by atoms with E-state index < -0.39 is 9.84 Å². The highest BCUT2D eigenvalue weighted by Gasteiger charge is 2.29. The standard InChI is InChI=1S/C21H23NO2S/c1-15(2)25(23,24)14-19-9-8-18-12-17(7-10-21(18)19)11-16-5-4-6-20(13-16)22-3/h4-7,10,12-13,15,19H,8-9,11,14H2,1-2H3. The quantitative estimate of drug-likeness (QED) is 0.732. The number of aryl methyl sites for hydroxylation is 1. The number of nitrogens with zero attached hydrogens (tertiary/aromatic N) is 1. The van der Waals surface area contributed by atoms with Gasteiger partial charge in [0.1, 0.15) is 0 Å². The third-order valence-corrected chi connectivity index (χ3v) is 7.31. The maximum absolute atomic E-state index is 12.2. The molecule has 0 amide bonds. The second kappa shape index (κ2) is 7.01. The Morgan fingerprint density at radius 3 is 2.64 bits per heavy atom. The van der Waals surface area contributed by atoms with E-state index in [2.05, 4.69) is 23.0 Å². The van der Waals surface area contributed by atoms with E-state index in [0.717, 1.165) is 24.8 Å². The maximum atomic E-state index is 12.2. The Labute approximate surface area is 150 Å². The summed E-state index contributed by atoms with van der Waals surface area (Å²) in [7, 11) is -3.02. The number of rotatable bonds is 5. The monoisotopic (exact) mass is 353 g/mol. The van der Waals surface area contributed by atoms with E-state index in [1.165, 1.54) is 16.7 Å². The fourth-order valence-electron chi connectivity index (χ4n) is 3.49. The molecular weight excluding hydrogens is 330 g/mol. The average Bonchev–Trinajstić information content (AvgIpc) is 2.96. The van der Waals surface area contributed by atoms with Crippen molar-refractivity contribution in [3.05, 3.63) is 76.1 Å². The van der Waals surface area contributed by atoms with Gasteiger partial charge in [-0.05, 0) is 55.7 Å². The van der Waals surface area contributed by atoms with Gasteiger partial charge in [-0.3, -0.25) is 0 Å². The molecule has 0 aromatic heterocycles. The topological polar surface area (TPSA) is 38.5 Å². The third-order valence-electron chi connectivity index (χ3n) is 5.01.